The van der Waals surface area contributed by atoms with Crippen molar-refractivity contribution < 1.29 is 0 Å². The highest BCUT2D eigenvalue weighted by Gasteiger charge is 2.14. The summed E-state index contributed by atoms with van der Waals surface area (Å²) in [4.78, 5) is 11.0. The van der Waals surface area contributed by atoms with Gasteiger partial charge in [0, 0.05) is 26.2 Å². The molecular formula is C10H16N4. The van der Waals surface area contributed by atoms with Gasteiger partial charge in [0.05, 0.1) is 0 Å². The Morgan fingerprint density at radius 3 is 2.64 bits per heavy atom. The van der Waals surface area contributed by atoms with Gasteiger partial charge in [-0.2, -0.15) is 0 Å². The third kappa shape index (κ3) is 1.78. The number of hydrogen-bond donors (Lipinski definition) is 1. The van der Waals surface area contributed by atoms with Crippen LogP contribution in [0.3, 0.4) is 0 Å². The van der Waals surface area contributed by atoms with Crippen LogP contribution in [0.4, 0.5) is 11.6 Å². The minimum Gasteiger partial charge on any atom is -0.373 e. The number of aromatic nitrogens is 2. The smallest absolute Gasteiger partial charge is 0.134 e. The van der Waals surface area contributed by atoms with E-state index < -0.39 is 0 Å². The molecule has 0 atom stereocenters. The minimum atomic E-state index is 0.832. The summed E-state index contributed by atoms with van der Waals surface area (Å²) in [5, 5.41) is 3.05. The third-order valence-corrected chi connectivity index (χ3v) is 2.51. The molecule has 0 saturated carbocycles. The van der Waals surface area contributed by atoms with Crippen molar-refractivity contribution >= 4 is 11.6 Å². The second kappa shape index (κ2) is 3.82. The second-order valence-corrected chi connectivity index (χ2v) is 3.60. The summed E-state index contributed by atoms with van der Waals surface area (Å²) in [5.41, 5.74) is 0. The lowest BCUT2D eigenvalue weighted by Crippen LogP contribution is -2.19. The Balaban J connectivity index is 2.27. The van der Waals surface area contributed by atoms with Crippen molar-refractivity contribution in [1.29, 1.82) is 0 Å². The fraction of sp³-hybridized carbons (Fsp3) is 0.600. The molecular weight excluding hydrogens is 176 g/mol. The normalized spacial score (nSPS) is 16.0. The molecule has 0 bridgehead atoms. The van der Waals surface area contributed by atoms with Crippen molar-refractivity contribution in [2.75, 3.05) is 30.4 Å². The molecule has 0 radical (unpaired) electrons. The molecule has 0 aliphatic carbocycles. The monoisotopic (exact) mass is 192 g/mol. The number of nitrogens with one attached hydrogen (secondary N) is 1. The van der Waals surface area contributed by atoms with E-state index in [2.05, 4.69) is 20.2 Å². The van der Waals surface area contributed by atoms with Crippen molar-refractivity contribution in [3.05, 3.63) is 11.9 Å². The van der Waals surface area contributed by atoms with Gasteiger partial charge < -0.3 is 10.2 Å². The lowest BCUT2D eigenvalue weighted by molar-refractivity contribution is 0.911. The lowest BCUT2D eigenvalue weighted by Gasteiger charge is -2.17. The quantitative estimate of drug-likeness (QED) is 0.769. The molecule has 0 unspecified atom stereocenters. The predicted octanol–water partition coefficient (Wildman–Crippen LogP) is 1.43. The topological polar surface area (TPSA) is 41.0 Å². The van der Waals surface area contributed by atoms with E-state index in [-0.39, 0.29) is 0 Å². The van der Waals surface area contributed by atoms with Crippen molar-refractivity contribution in [2.45, 2.75) is 19.8 Å². The van der Waals surface area contributed by atoms with Crippen LogP contribution in [0.25, 0.3) is 0 Å². The maximum atomic E-state index is 4.44. The first-order valence-corrected chi connectivity index (χ1v) is 5.08. The van der Waals surface area contributed by atoms with E-state index in [0.717, 1.165) is 30.5 Å². The maximum Gasteiger partial charge on any atom is 0.134 e. The van der Waals surface area contributed by atoms with Crippen LogP contribution >= 0.6 is 0 Å². The van der Waals surface area contributed by atoms with Crippen LogP contribution in [-0.2, 0) is 0 Å². The molecule has 1 N–H and O–H groups in total. The second-order valence-electron chi connectivity index (χ2n) is 3.60. The Kier molecular flexibility index (Phi) is 2.52. The van der Waals surface area contributed by atoms with Gasteiger partial charge in [-0.1, -0.05) is 0 Å². The molecule has 2 rings (SSSR count). The van der Waals surface area contributed by atoms with E-state index in [1.807, 2.05) is 20.0 Å². The number of nitrogens with zero attached hydrogens (tertiary/aromatic N) is 3. The van der Waals surface area contributed by atoms with E-state index in [9.17, 15) is 0 Å². The van der Waals surface area contributed by atoms with Gasteiger partial charge in [-0.15, -0.1) is 0 Å². The van der Waals surface area contributed by atoms with Crippen LogP contribution in [0, 0.1) is 6.92 Å². The fourth-order valence-corrected chi connectivity index (χ4v) is 1.79. The molecule has 2 heterocycles. The van der Waals surface area contributed by atoms with Gasteiger partial charge in [-0.3, -0.25) is 0 Å². The molecule has 1 saturated heterocycles. The van der Waals surface area contributed by atoms with Gasteiger partial charge in [0.1, 0.15) is 17.5 Å². The van der Waals surface area contributed by atoms with Crippen molar-refractivity contribution in [3.8, 4) is 0 Å². The Hall–Kier alpha value is -1.32. The molecule has 0 aromatic carbocycles. The van der Waals surface area contributed by atoms with Crippen LogP contribution in [0.5, 0.6) is 0 Å². The first-order chi connectivity index (χ1) is 6.79. The molecule has 0 spiro atoms. The molecule has 1 aliphatic rings. The van der Waals surface area contributed by atoms with E-state index in [4.69, 9.17) is 0 Å². The van der Waals surface area contributed by atoms with Gasteiger partial charge in [-0.05, 0) is 19.8 Å². The summed E-state index contributed by atoms with van der Waals surface area (Å²) >= 11 is 0. The highest BCUT2D eigenvalue weighted by molar-refractivity contribution is 5.49. The Morgan fingerprint density at radius 2 is 2.00 bits per heavy atom. The number of hydrogen-bond acceptors (Lipinski definition) is 4. The average molecular weight is 192 g/mol. The molecule has 0 amide bonds. The molecule has 76 valence electrons. The Morgan fingerprint density at radius 1 is 1.29 bits per heavy atom. The first kappa shape index (κ1) is 9.24. The minimum absolute atomic E-state index is 0.832. The largest absolute Gasteiger partial charge is 0.373 e. The summed E-state index contributed by atoms with van der Waals surface area (Å²) < 4.78 is 0. The van der Waals surface area contributed by atoms with Gasteiger partial charge >= 0.3 is 0 Å². The maximum absolute atomic E-state index is 4.44. The number of anilines is 2. The SMILES string of the molecule is CNc1cc(N2CCCC2)nc(C)n1. The highest BCUT2D eigenvalue weighted by atomic mass is 15.2. The fourth-order valence-electron chi connectivity index (χ4n) is 1.79. The Labute approximate surface area is 84.4 Å². The van der Waals surface area contributed by atoms with E-state index in [0.29, 0.717) is 0 Å². The molecule has 4 heteroatoms. The predicted molar refractivity (Wildman–Crippen MR) is 57.8 cm³/mol. The van der Waals surface area contributed by atoms with Gasteiger partial charge in [0.15, 0.2) is 0 Å². The third-order valence-electron chi connectivity index (χ3n) is 2.51. The molecule has 14 heavy (non-hydrogen) atoms. The van der Waals surface area contributed by atoms with E-state index >= 15 is 0 Å². The van der Waals surface area contributed by atoms with Crippen LogP contribution in [0.1, 0.15) is 18.7 Å². The molecule has 4 nitrogen and oxygen atoms in total. The van der Waals surface area contributed by atoms with Gasteiger partial charge in [0.2, 0.25) is 0 Å². The van der Waals surface area contributed by atoms with Crippen LogP contribution in [0.15, 0.2) is 6.07 Å². The summed E-state index contributed by atoms with van der Waals surface area (Å²) in [7, 11) is 1.88. The Bertz CT molecular complexity index is 318. The standard InChI is InChI=1S/C10H16N4/c1-8-12-9(11-2)7-10(13-8)14-5-3-4-6-14/h7H,3-6H2,1-2H3,(H,11,12,13). The van der Waals surface area contributed by atoms with Crippen molar-refractivity contribution in [3.63, 3.8) is 0 Å². The zero-order valence-electron chi connectivity index (χ0n) is 8.75. The number of rotatable bonds is 2. The highest BCUT2D eigenvalue weighted by Crippen LogP contribution is 2.19. The van der Waals surface area contributed by atoms with Crippen LogP contribution in [0.2, 0.25) is 0 Å². The van der Waals surface area contributed by atoms with E-state index in [1.165, 1.54) is 12.8 Å². The lowest BCUT2D eigenvalue weighted by atomic mass is 10.4. The zero-order valence-corrected chi connectivity index (χ0v) is 8.75. The molecule has 1 aromatic rings. The molecule has 1 fully saturated rings. The molecule has 1 aromatic heterocycles. The number of aryl methyl sites for hydroxylation is 1. The van der Waals surface area contributed by atoms with Crippen molar-refractivity contribution in [2.24, 2.45) is 0 Å². The molecule has 1 aliphatic heterocycles. The summed E-state index contributed by atoms with van der Waals surface area (Å²) in [6.45, 7) is 4.18. The average Bonchev–Trinajstić information content (AvgIpc) is 2.69. The zero-order chi connectivity index (χ0) is 9.97. The van der Waals surface area contributed by atoms with Gasteiger partial charge in [-0.25, -0.2) is 9.97 Å². The van der Waals surface area contributed by atoms with Crippen LogP contribution < -0.4 is 10.2 Å². The summed E-state index contributed by atoms with van der Waals surface area (Å²) in [6.07, 6.45) is 2.55. The summed E-state index contributed by atoms with van der Waals surface area (Å²) in [6, 6.07) is 2.01. The first-order valence-electron chi connectivity index (χ1n) is 5.08. The van der Waals surface area contributed by atoms with Gasteiger partial charge in [0.25, 0.3) is 0 Å². The van der Waals surface area contributed by atoms with Crippen molar-refractivity contribution in [1.82, 2.24) is 9.97 Å². The summed E-state index contributed by atoms with van der Waals surface area (Å²) in [5.74, 6) is 2.79. The van der Waals surface area contributed by atoms with E-state index in [1.54, 1.807) is 0 Å². The van der Waals surface area contributed by atoms with Crippen LogP contribution in [-0.4, -0.2) is 30.1 Å².